The summed E-state index contributed by atoms with van der Waals surface area (Å²) in [6, 6.07) is 16.2. The molecule has 2 aromatic carbocycles. The van der Waals surface area contributed by atoms with E-state index in [0.29, 0.717) is 18.2 Å². The predicted molar refractivity (Wildman–Crippen MR) is 139 cm³/mol. The number of nitrogens with one attached hydrogen (secondary N) is 1. The van der Waals surface area contributed by atoms with Crippen molar-refractivity contribution < 1.29 is 4.74 Å². The van der Waals surface area contributed by atoms with Crippen molar-refractivity contribution in [3.05, 3.63) is 75.1 Å². The van der Waals surface area contributed by atoms with Crippen LogP contribution in [-0.4, -0.2) is 26.1 Å². The Balaban J connectivity index is 1.35. The van der Waals surface area contributed by atoms with Crippen LogP contribution in [0, 0.1) is 0 Å². The Morgan fingerprint density at radius 2 is 1.91 bits per heavy atom. The Morgan fingerprint density at radius 1 is 1.09 bits per heavy atom. The Kier molecular flexibility index (Phi) is 5.63. The second-order valence-electron chi connectivity index (χ2n) is 8.34. The Labute approximate surface area is 205 Å². The number of thioether (sulfide) groups is 1. The number of para-hydroxylation sites is 2. The van der Waals surface area contributed by atoms with Gasteiger partial charge < -0.3 is 9.72 Å². The lowest BCUT2D eigenvalue weighted by Gasteiger charge is -2.10. The molecule has 3 aromatic heterocycles. The lowest BCUT2D eigenvalue weighted by Crippen LogP contribution is -2.12. The van der Waals surface area contributed by atoms with Crippen molar-refractivity contribution in [2.75, 3.05) is 6.61 Å². The fourth-order valence-electron chi connectivity index (χ4n) is 4.62. The zero-order valence-corrected chi connectivity index (χ0v) is 20.5. The van der Waals surface area contributed by atoms with Crippen molar-refractivity contribution in [2.45, 2.75) is 43.5 Å². The number of hydrogen-bond donors (Lipinski definition) is 1. The van der Waals surface area contributed by atoms with E-state index in [1.54, 1.807) is 23.1 Å². The van der Waals surface area contributed by atoms with Gasteiger partial charge in [-0.3, -0.25) is 9.36 Å². The molecule has 0 saturated carbocycles. The quantitative estimate of drug-likeness (QED) is 0.302. The van der Waals surface area contributed by atoms with Gasteiger partial charge in [0.1, 0.15) is 16.4 Å². The first kappa shape index (κ1) is 21.4. The van der Waals surface area contributed by atoms with E-state index in [1.807, 2.05) is 49.4 Å². The molecule has 5 aromatic rings. The number of ether oxygens (including phenoxy) is 1. The highest BCUT2D eigenvalue weighted by Crippen LogP contribution is 2.34. The van der Waals surface area contributed by atoms with Crippen LogP contribution < -0.4 is 10.3 Å². The first-order valence-electron chi connectivity index (χ1n) is 11.6. The molecular weight excluding hydrogens is 464 g/mol. The molecule has 0 spiro atoms. The van der Waals surface area contributed by atoms with Crippen LogP contribution in [0.2, 0.25) is 0 Å². The Bertz CT molecular complexity index is 1550. The standard InChI is InChI=1S/C26H24N4O2S2/c1-2-32-17-13-11-16(12-14-17)30-20-9-5-4-8-19(20)27-26(30)33-15-22-28-24(31)23-18-7-3-6-10-21(18)34-25(23)29-22/h4-5,8-9,11-14H,2-3,6-7,10,15H2,1H3,(H,28,29,31). The third kappa shape index (κ3) is 3.80. The maximum Gasteiger partial charge on any atom is 0.259 e. The third-order valence-electron chi connectivity index (χ3n) is 6.15. The molecule has 8 heteroatoms. The molecule has 34 heavy (non-hydrogen) atoms. The smallest absolute Gasteiger partial charge is 0.259 e. The van der Waals surface area contributed by atoms with Crippen LogP contribution in [0.5, 0.6) is 5.75 Å². The normalized spacial score (nSPS) is 13.4. The van der Waals surface area contributed by atoms with Gasteiger partial charge in [-0.05, 0) is 74.6 Å². The molecule has 0 saturated heterocycles. The number of thiophene rings is 1. The van der Waals surface area contributed by atoms with Gasteiger partial charge in [-0.25, -0.2) is 9.97 Å². The molecule has 0 bridgehead atoms. The number of aromatic amines is 1. The minimum atomic E-state index is -0.0139. The highest BCUT2D eigenvalue weighted by molar-refractivity contribution is 7.98. The number of aromatic nitrogens is 4. The van der Waals surface area contributed by atoms with Crippen LogP contribution in [0.1, 0.15) is 36.0 Å². The van der Waals surface area contributed by atoms with Crippen LogP contribution >= 0.6 is 23.1 Å². The minimum Gasteiger partial charge on any atom is -0.494 e. The molecule has 1 N–H and O–H groups in total. The summed E-state index contributed by atoms with van der Waals surface area (Å²) in [5, 5.41) is 1.66. The van der Waals surface area contributed by atoms with Crippen LogP contribution in [0.3, 0.4) is 0 Å². The van der Waals surface area contributed by atoms with Crippen molar-refractivity contribution >= 4 is 44.3 Å². The van der Waals surface area contributed by atoms with Gasteiger partial charge in [-0.2, -0.15) is 0 Å². The molecule has 0 atom stereocenters. The molecule has 0 aliphatic heterocycles. The van der Waals surface area contributed by atoms with Crippen LogP contribution in [0.4, 0.5) is 0 Å². The minimum absolute atomic E-state index is 0.0139. The topological polar surface area (TPSA) is 72.8 Å². The number of nitrogens with zero attached hydrogens (tertiary/aromatic N) is 3. The van der Waals surface area contributed by atoms with Crippen LogP contribution in [0.25, 0.3) is 26.9 Å². The van der Waals surface area contributed by atoms with Crippen LogP contribution in [-0.2, 0) is 18.6 Å². The largest absolute Gasteiger partial charge is 0.494 e. The molecular formula is C26H24N4O2S2. The Hall–Kier alpha value is -3.10. The molecule has 0 amide bonds. The summed E-state index contributed by atoms with van der Waals surface area (Å²) in [4.78, 5) is 27.9. The summed E-state index contributed by atoms with van der Waals surface area (Å²) in [5.41, 5.74) is 4.19. The molecule has 6 rings (SSSR count). The van der Waals surface area contributed by atoms with E-state index in [4.69, 9.17) is 14.7 Å². The van der Waals surface area contributed by atoms with Crippen molar-refractivity contribution in [2.24, 2.45) is 0 Å². The summed E-state index contributed by atoms with van der Waals surface area (Å²) in [5.74, 6) is 2.07. The summed E-state index contributed by atoms with van der Waals surface area (Å²) < 4.78 is 7.76. The number of H-pyrrole nitrogens is 1. The molecule has 1 aliphatic carbocycles. The zero-order valence-electron chi connectivity index (χ0n) is 18.8. The highest BCUT2D eigenvalue weighted by atomic mass is 32.2. The van der Waals surface area contributed by atoms with E-state index >= 15 is 0 Å². The maximum absolute atomic E-state index is 12.9. The molecule has 1 aliphatic rings. The number of aryl methyl sites for hydroxylation is 2. The average Bonchev–Trinajstić information content (AvgIpc) is 3.42. The third-order valence-corrected chi connectivity index (χ3v) is 8.28. The summed E-state index contributed by atoms with van der Waals surface area (Å²) in [6.07, 6.45) is 4.39. The van der Waals surface area contributed by atoms with Gasteiger partial charge in [0.15, 0.2) is 5.16 Å². The predicted octanol–water partition coefficient (Wildman–Crippen LogP) is 5.89. The maximum atomic E-state index is 12.9. The van der Waals surface area contributed by atoms with Gasteiger partial charge in [0.25, 0.3) is 5.56 Å². The van der Waals surface area contributed by atoms with Gasteiger partial charge in [0, 0.05) is 10.6 Å². The first-order chi connectivity index (χ1) is 16.7. The number of benzene rings is 2. The Morgan fingerprint density at radius 3 is 2.76 bits per heavy atom. The number of fused-ring (bicyclic) bond motifs is 4. The average molecular weight is 489 g/mol. The van der Waals surface area contributed by atoms with Crippen molar-refractivity contribution in [3.63, 3.8) is 0 Å². The number of imidazole rings is 1. The van der Waals surface area contributed by atoms with Crippen molar-refractivity contribution in [1.29, 1.82) is 0 Å². The fourth-order valence-corrected chi connectivity index (χ4v) is 6.80. The van der Waals surface area contributed by atoms with E-state index in [9.17, 15) is 4.79 Å². The van der Waals surface area contributed by atoms with Gasteiger partial charge in [-0.1, -0.05) is 23.9 Å². The molecule has 172 valence electrons. The number of hydrogen-bond acceptors (Lipinski definition) is 6. The summed E-state index contributed by atoms with van der Waals surface area (Å²) in [6.45, 7) is 2.62. The lowest BCUT2D eigenvalue weighted by atomic mass is 9.97. The van der Waals surface area contributed by atoms with E-state index < -0.39 is 0 Å². The van der Waals surface area contributed by atoms with E-state index in [0.717, 1.165) is 57.1 Å². The van der Waals surface area contributed by atoms with Gasteiger partial charge in [-0.15, -0.1) is 11.3 Å². The SMILES string of the molecule is CCOc1ccc(-n2c(SCc3nc4sc5c(c4c(=O)[nH]3)CCCC5)nc3ccccc32)cc1. The molecule has 0 radical (unpaired) electrons. The highest BCUT2D eigenvalue weighted by Gasteiger charge is 2.20. The molecule has 0 fully saturated rings. The van der Waals surface area contributed by atoms with Crippen molar-refractivity contribution in [3.8, 4) is 11.4 Å². The first-order valence-corrected chi connectivity index (χ1v) is 13.4. The number of rotatable bonds is 6. The monoisotopic (exact) mass is 488 g/mol. The molecule has 6 nitrogen and oxygen atoms in total. The summed E-state index contributed by atoms with van der Waals surface area (Å²) >= 11 is 3.27. The van der Waals surface area contributed by atoms with E-state index in [-0.39, 0.29) is 5.56 Å². The second-order valence-corrected chi connectivity index (χ2v) is 10.4. The molecule has 0 unspecified atom stereocenters. The molecule has 3 heterocycles. The van der Waals surface area contributed by atoms with E-state index in [1.165, 1.54) is 16.9 Å². The summed E-state index contributed by atoms with van der Waals surface area (Å²) in [7, 11) is 0. The second kappa shape index (κ2) is 8.92. The zero-order chi connectivity index (χ0) is 23.1. The fraction of sp³-hybridized carbons (Fsp3) is 0.269. The van der Waals surface area contributed by atoms with Gasteiger partial charge >= 0.3 is 0 Å². The van der Waals surface area contributed by atoms with Crippen molar-refractivity contribution in [1.82, 2.24) is 19.5 Å². The van der Waals surface area contributed by atoms with Crippen LogP contribution in [0.15, 0.2) is 58.5 Å². The van der Waals surface area contributed by atoms with E-state index in [2.05, 4.69) is 15.6 Å². The lowest BCUT2D eigenvalue weighted by molar-refractivity contribution is 0.340. The van der Waals surface area contributed by atoms with Gasteiger partial charge in [0.2, 0.25) is 0 Å². The van der Waals surface area contributed by atoms with Gasteiger partial charge in [0.05, 0.1) is 28.8 Å².